The largest absolute Gasteiger partial charge is 0.480 e. The van der Waals surface area contributed by atoms with Crippen LogP contribution in [0.3, 0.4) is 0 Å². The van der Waals surface area contributed by atoms with Crippen LogP contribution in [0.2, 0.25) is 0 Å². The Morgan fingerprint density at radius 3 is 2.73 bits per heavy atom. The third kappa shape index (κ3) is 2.19. The van der Waals surface area contributed by atoms with E-state index in [-0.39, 0.29) is 12.5 Å². The quantitative estimate of drug-likeness (QED) is 0.410. The number of ether oxygens (including phenoxy) is 1. The molecule has 62 valence electrons. The molecule has 0 saturated carbocycles. The molecule has 0 aromatic rings. The Morgan fingerprint density at radius 2 is 2.36 bits per heavy atom. The maximum atomic E-state index is 10.0. The molecule has 0 aromatic heterocycles. The number of hydrogen-bond donors (Lipinski definition) is 2. The molecule has 0 aromatic carbocycles. The first-order valence-electron chi connectivity index (χ1n) is 3.29. The maximum Gasteiger partial charge on any atom is 0.325 e. The third-order valence-electron chi connectivity index (χ3n) is 1.45. The molecule has 1 fully saturated rings. The second-order valence-corrected chi connectivity index (χ2v) is 2.37. The molecule has 3 N–H and O–H groups in total. The van der Waals surface area contributed by atoms with E-state index in [2.05, 4.69) is 4.99 Å². The van der Waals surface area contributed by atoms with Crippen LogP contribution in [0, 0.1) is 5.92 Å². The van der Waals surface area contributed by atoms with Crippen LogP contribution in [0.1, 0.15) is 0 Å². The fourth-order valence-corrected chi connectivity index (χ4v) is 0.694. The summed E-state index contributed by atoms with van der Waals surface area (Å²) in [4.78, 5) is 13.7. The summed E-state index contributed by atoms with van der Waals surface area (Å²) >= 11 is 0. The average molecular weight is 158 g/mol. The molecular formula is C6H10N2O3. The summed E-state index contributed by atoms with van der Waals surface area (Å²) in [5, 5.41) is 8.24. The Hall–Kier alpha value is -1.10. The summed E-state index contributed by atoms with van der Waals surface area (Å²) in [5.74, 6) is -0.443. The predicted molar refractivity (Wildman–Crippen MR) is 38.4 cm³/mol. The Bertz CT molecular complexity index is 186. The van der Waals surface area contributed by atoms with Crippen molar-refractivity contribution in [3.63, 3.8) is 0 Å². The van der Waals surface area contributed by atoms with E-state index in [0.29, 0.717) is 19.0 Å². The summed E-state index contributed by atoms with van der Waals surface area (Å²) < 4.78 is 4.85. The van der Waals surface area contributed by atoms with Gasteiger partial charge < -0.3 is 15.6 Å². The van der Waals surface area contributed by atoms with E-state index in [9.17, 15) is 4.79 Å². The lowest BCUT2D eigenvalue weighted by Gasteiger charge is -2.24. The normalized spacial score (nSPS) is 19.5. The van der Waals surface area contributed by atoms with Crippen LogP contribution in [0.4, 0.5) is 0 Å². The van der Waals surface area contributed by atoms with Crippen molar-refractivity contribution >= 4 is 11.8 Å². The van der Waals surface area contributed by atoms with E-state index in [1.54, 1.807) is 0 Å². The summed E-state index contributed by atoms with van der Waals surface area (Å²) in [5.41, 5.74) is 5.43. The van der Waals surface area contributed by atoms with Gasteiger partial charge in [0.15, 0.2) is 0 Å². The van der Waals surface area contributed by atoms with Crippen LogP contribution < -0.4 is 5.73 Å². The fourth-order valence-electron chi connectivity index (χ4n) is 0.694. The van der Waals surface area contributed by atoms with Crippen LogP contribution in [0.15, 0.2) is 4.99 Å². The number of nitrogens with two attached hydrogens (primary N) is 1. The topological polar surface area (TPSA) is 84.9 Å². The van der Waals surface area contributed by atoms with Crippen molar-refractivity contribution < 1.29 is 14.6 Å². The zero-order valence-corrected chi connectivity index (χ0v) is 5.99. The Balaban J connectivity index is 2.32. The number of nitrogens with zero attached hydrogens (tertiary/aromatic N) is 1. The molecule has 1 saturated heterocycles. The average Bonchev–Trinajstić information content (AvgIpc) is 1.79. The van der Waals surface area contributed by atoms with Crippen molar-refractivity contribution in [2.24, 2.45) is 16.6 Å². The lowest BCUT2D eigenvalue weighted by atomic mass is 10.1. The Labute approximate surface area is 63.9 Å². The number of carboxylic acid groups (broad SMARTS) is 1. The third-order valence-corrected chi connectivity index (χ3v) is 1.45. The minimum absolute atomic E-state index is 0.134. The molecule has 0 spiro atoms. The minimum atomic E-state index is -0.965. The van der Waals surface area contributed by atoms with Crippen molar-refractivity contribution in [2.75, 3.05) is 19.8 Å². The molecule has 11 heavy (non-hydrogen) atoms. The van der Waals surface area contributed by atoms with Crippen LogP contribution >= 0.6 is 0 Å². The Kier molecular flexibility index (Phi) is 2.43. The minimum Gasteiger partial charge on any atom is -0.480 e. The van der Waals surface area contributed by atoms with Crippen LogP contribution in [0.5, 0.6) is 0 Å². The van der Waals surface area contributed by atoms with Gasteiger partial charge in [-0.3, -0.25) is 9.79 Å². The van der Waals surface area contributed by atoms with Gasteiger partial charge >= 0.3 is 5.97 Å². The van der Waals surface area contributed by atoms with Gasteiger partial charge in [-0.25, -0.2) is 0 Å². The molecule has 5 nitrogen and oxygen atoms in total. The van der Waals surface area contributed by atoms with Gasteiger partial charge in [0.25, 0.3) is 0 Å². The van der Waals surface area contributed by atoms with Gasteiger partial charge in [-0.2, -0.15) is 0 Å². The van der Waals surface area contributed by atoms with Gasteiger partial charge in [0, 0.05) is 0 Å². The van der Waals surface area contributed by atoms with Crippen LogP contribution in [0.25, 0.3) is 0 Å². The van der Waals surface area contributed by atoms with E-state index in [1.165, 1.54) is 0 Å². The van der Waals surface area contributed by atoms with E-state index in [4.69, 9.17) is 15.6 Å². The highest BCUT2D eigenvalue weighted by atomic mass is 16.5. The molecule has 1 heterocycles. The van der Waals surface area contributed by atoms with Gasteiger partial charge in [-0.05, 0) is 0 Å². The van der Waals surface area contributed by atoms with Crippen LogP contribution in [-0.4, -0.2) is 36.7 Å². The summed E-state index contributed by atoms with van der Waals surface area (Å²) in [7, 11) is 0. The van der Waals surface area contributed by atoms with E-state index >= 15 is 0 Å². The smallest absolute Gasteiger partial charge is 0.325 e. The number of aliphatic carboxylic acids is 1. The molecule has 0 amide bonds. The standard InChI is InChI=1S/C6H10N2O3/c7-6(4-2-11-3-4)8-1-5(9)10/h4H,1-3H2,(H2,7,8)(H,9,10). The highest BCUT2D eigenvalue weighted by molar-refractivity contribution is 5.85. The molecule has 0 unspecified atom stereocenters. The zero-order valence-electron chi connectivity index (χ0n) is 5.99. The molecule has 1 aliphatic rings. The molecular weight excluding hydrogens is 148 g/mol. The highest BCUT2D eigenvalue weighted by Crippen LogP contribution is 2.08. The van der Waals surface area contributed by atoms with Crippen molar-refractivity contribution in [3.05, 3.63) is 0 Å². The molecule has 5 heteroatoms. The van der Waals surface area contributed by atoms with Crippen molar-refractivity contribution in [2.45, 2.75) is 0 Å². The van der Waals surface area contributed by atoms with Crippen LogP contribution in [-0.2, 0) is 9.53 Å². The first-order chi connectivity index (χ1) is 5.20. The molecule has 0 bridgehead atoms. The zero-order chi connectivity index (χ0) is 8.27. The Morgan fingerprint density at radius 1 is 1.73 bits per heavy atom. The lowest BCUT2D eigenvalue weighted by molar-refractivity contribution is -0.135. The predicted octanol–water partition coefficient (Wildman–Crippen LogP) is -0.925. The van der Waals surface area contributed by atoms with Gasteiger partial charge in [0.05, 0.1) is 19.1 Å². The van der Waals surface area contributed by atoms with Gasteiger partial charge in [0.2, 0.25) is 0 Å². The van der Waals surface area contributed by atoms with E-state index < -0.39 is 5.97 Å². The lowest BCUT2D eigenvalue weighted by Crippen LogP contribution is -2.39. The summed E-state index contributed by atoms with van der Waals surface area (Å²) in [6, 6.07) is 0. The van der Waals surface area contributed by atoms with Gasteiger partial charge in [-0.1, -0.05) is 0 Å². The van der Waals surface area contributed by atoms with Crippen molar-refractivity contribution in [3.8, 4) is 0 Å². The monoisotopic (exact) mass is 158 g/mol. The van der Waals surface area contributed by atoms with Crippen molar-refractivity contribution in [1.29, 1.82) is 0 Å². The van der Waals surface area contributed by atoms with Gasteiger partial charge in [0.1, 0.15) is 12.4 Å². The second-order valence-electron chi connectivity index (χ2n) is 2.37. The SMILES string of the molecule is NC(=NCC(=O)O)C1COC1. The molecule has 1 aliphatic heterocycles. The molecule has 0 aliphatic carbocycles. The second kappa shape index (κ2) is 3.34. The fraction of sp³-hybridized carbons (Fsp3) is 0.667. The number of amidine groups is 1. The maximum absolute atomic E-state index is 10.0. The molecule has 0 atom stereocenters. The number of aliphatic imine (C=N–C) groups is 1. The number of rotatable bonds is 3. The number of carbonyl (C=O) groups is 1. The van der Waals surface area contributed by atoms with Crippen molar-refractivity contribution in [1.82, 2.24) is 0 Å². The highest BCUT2D eigenvalue weighted by Gasteiger charge is 2.21. The summed E-state index contributed by atoms with van der Waals surface area (Å²) in [6.07, 6.45) is 0. The number of hydrogen-bond acceptors (Lipinski definition) is 3. The first kappa shape index (κ1) is 8.00. The molecule has 1 rings (SSSR count). The number of carboxylic acids is 1. The van der Waals surface area contributed by atoms with E-state index in [1.807, 2.05) is 0 Å². The van der Waals surface area contributed by atoms with Gasteiger partial charge in [-0.15, -0.1) is 0 Å². The molecule has 0 radical (unpaired) electrons. The first-order valence-corrected chi connectivity index (χ1v) is 3.29. The summed E-state index contributed by atoms with van der Waals surface area (Å²) in [6.45, 7) is 0.881. The van der Waals surface area contributed by atoms with E-state index in [0.717, 1.165) is 0 Å².